The number of benzene rings is 1. The maximum Gasteiger partial charge on any atom is 0.127 e. The summed E-state index contributed by atoms with van der Waals surface area (Å²) < 4.78 is 7.01. The Bertz CT molecular complexity index is 482. The molecule has 2 aliphatic heterocycles. The van der Waals surface area contributed by atoms with Crippen molar-refractivity contribution >= 4 is 28.3 Å². The highest BCUT2D eigenvalue weighted by molar-refractivity contribution is 9.10. The van der Waals surface area contributed by atoms with Gasteiger partial charge < -0.3 is 10.5 Å². The fourth-order valence-electron chi connectivity index (χ4n) is 3.47. The summed E-state index contributed by atoms with van der Waals surface area (Å²) in [6.45, 7) is 5.02. The van der Waals surface area contributed by atoms with Crippen molar-refractivity contribution in [3.63, 3.8) is 0 Å². The van der Waals surface area contributed by atoms with Crippen molar-refractivity contribution in [2.45, 2.75) is 32.2 Å². The molecule has 0 aromatic heterocycles. The van der Waals surface area contributed by atoms with Crippen LogP contribution in [0.4, 0.5) is 0 Å². The number of nitrogens with zero attached hydrogens (tertiary/aromatic N) is 1. The predicted octanol–water partition coefficient (Wildman–Crippen LogP) is 3.37. The van der Waals surface area contributed by atoms with Crippen LogP contribution < -0.4 is 10.5 Å². The Balaban J connectivity index is 0.00000161. The molecule has 2 aliphatic rings. The first-order valence-electron chi connectivity index (χ1n) is 7.63. The van der Waals surface area contributed by atoms with Crippen molar-refractivity contribution in [2.24, 2.45) is 11.7 Å². The predicted molar refractivity (Wildman–Crippen MR) is 92.3 cm³/mol. The van der Waals surface area contributed by atoms with E-state index in [1.54, 1.807) is 0 Å². The molecule has 0 saturated carbocycles. The molecule has 2 N–H and O–H groups in total. The maximum atomic E-state index is 5.83. The minimum Gasteiger partial charge on any atom is -0.493 e. The van der Waals surface area contributed by atoms with Gasteiger partial charge in [0.05, 0.1) is 6.61 Å². The molecule has 1 aromatic carbocycles. The quantitative estimate of drug-likeness (QED) is 0.877. The lowest BCUT2D eigenvalue weighted by Gasteiger charge is -2.33. The Hall–Kier alpha value is -0.290. The van der Waals surface area contributed by atoms with Crippen molar-refractivity contribution in [3.05, 3.63) is 27.7 Å². The first-order valence-corrected chi connectivity index (χ1v) is 8.42. The number of hydrogen-bond donors (Lipinski definition) is 1. The third-order valence-corrected chi connectivity index (χ3v) is 4.86. The molecule has 21 heavy (non-hydrogen) atoms. The average Bonchev–Trinajstić information content (AvgIpc) is 2.87. The van der Waals surface area contributed by atoms with Crippen LogP contribution in [0.1, 0.15) is 30.4 Å². The highest BCUT2D eigenvalue weighted by Gasteiger charge is 2.23. The third kappa shape index (κ3) is 4.13. The van der Waals surface area contributed by atoms with Gasteiger partial charge >= 0.3 is 0 Å². The molecule has 1 saturated heterocycles. The van der Waals surface area contributed by atoms with E-state index in [-0.39, 0.29) is 12.4 Å². The Morgan fingerprint density at radius 2 is 2.24 bits per heavy atom. The Kier molecular flexibility index (Phi) is 6.35. The average molecular weight is 376 g/mol. The number of nitrogens with two attached hydrogens (primary N) is 1. The van der Waals surface area contributed by atoms with E-state index in [2.05, 4.69) is 33.0 Å². The SMILES string of the molecule is Cl.NCCC1CCCN(Cc2cc(Br)cc3c2OCC3)C1. The molecule has 2 heterocycles. The summed E-state index contributed by atoms with van der Waals surface area (Å²) in [5.41, 5.74) is 8.39. The summed E-state index contributed by atoms with van der Waals surface area (Å²) in [5, 5.41) is 0. The van der Waals surface area contributed by atoms with Gasteiger partial charge in [0.25, 0.3) is 0 Å². The largest absolute Gasteiger partial charge is 0.493 e. The van der Waals surface area contributed by atoms with E-state index in [4.69, 9.17) is 10.5 Å². The van der Waals surface area contributed by atoms with Gasteiger partial charge in [0.1, 0.15) is 5.75 Å². The van der Waals surface area contributed by atoms with Gasteiger partial charge in [-0.3, -0.25) is 4.90 Å². The Labute approximate surface area is 141 Å². The van der Waals surface area contributed by atoms with Crippen LogP contribution in [0.3, 0.4) is 0 Å². The molecule has 0 spiro atoms. The number of ether oxygens (including phenoxy) is 1. The van der Waals surface area contributed by atoms with Gasteiger partial charge in [-0.25, -0.2) is 0 Å². The smallest absolute Gasteiger partial charge is 0.127 e. The van der Waals surface area contributed by atoms with E-state index in [0.29, 0.717) is 0 Å². The lowest BCUT2D eigenvalue weighted by Crippen LogP contribution is -2.35. The molecule has 3 nitrogen and oxygen atoms in total. The molecule has 0 radical (unpaired) electrons. The molecule has 0 aliphatic carbocycles. The van der Waals surface area contributed by atoms with Crippen LogP contribution in [0.5, 0.6) is 5.75 Å². The maximum absolute atomic E-state index is 5.83. The van der Waals surface area contributed by atoms with Crippen LogP contribution in [0.2, 0.25) is 0 Å². The fourth-order valence-corrected chi connectivity index (χ4v) is 4.02. The lowest BCUT2D eigenvalue weighted by atomic mass is 9.94. The molecule has 0 bridgehead atoms. The van der Waals surface area contributed by atoms with E-state index >= 15 is 0 Å². The number of hydrogen-bond acceptors (Lipinski definition) is 3. The van der Waals surface area contributed by atoms with Gasteiger partial charge in [-0.2, -0.15) is 0 Å². The van der Waals surface area contributed by atoms with E-state index in [9.17, 15) is 0 Å². The highest BCUT2D eigenvalue weighted by Crippen LogP contribution is 2.34. The van der Waals surface area contributed by atoms with E-state index in [1.807, 2.05) is 0 Å². The summed E-state index contributed by atoms with van der Waals surface area (Å²) in [6.07, 6.45) is 4.82. The minimum atomic E-state index is 0. The standard InChI is InChI=1S/C16H23BrN2O.ClH/c17-15-8-13-4-7-20-16(13)14(9-15)11-19-6-1-2-12(10-19)3-5-18;/h8-9,12H,1-7,10-11,18H2;1H. The summed E-state index contributed by atoms with van der Waals surface area (Å²) >= 11 is 3.63. The zero-order valence-corrected chi connectivity index (χ0v) is 14.7. The molecule has 0 amide bonds. The van der Waals surface area contributed by atoms with Crippen LogP contribution in [-0.2, 0) is 13.0 Å². The van der Waals surface area contributed by atoms with Crippen molar-refractivity contribution in [1.82, 2.24) is 4.90 Å². The number of rotatable bonds is 4. The van der Waals surface area contributed by atoms with Crippen LogP contribution in [0, 0.1) is 5.92 Å². The van der Waals surface area contributed by atoms with E-state index < -0.39 is 0 Å². The van der Waals surface area contributed by atoms with Crippen molar-refractivity contribution < 1.29 is 4.74 Å². The van der Waals surface area contributed by atoms with Gasteiger partial charge in [-0.1, -0.05) is 15.9 Å². The number of likely N-dealkylation sites (tertiary alicyclic amines) is 1. The Morgan fingerprint density at radius 1 is 1.38 bits per heavy atom. The Morgan fingerprint density at radius 3 is 3.05 bits per heavy atom. The molecule has 1 unspecified atom stereocenters. The number of halogens is 2. The zero-order valence-electron chi connectivity index (χ0n) is 12.3. The van der Waals surface area contributed by atoms with Crippen LogP contribution in [0.15, 0.2) is 16.6 Å². The van der Waals surface area contributed by atoms with Gasteiger partial charge in [0, 0.05) is 29.5 Å². The number of fused-ring (bicyclic) bond motifs is 1. The van der Waals surface area contributed by atoms with Crippen molar-refractivity contribution in [1.29, 1.82) is 0 Å². The molecular weight excluding hydrogens is 352 g/mol. The van der Waals surface area contributed by atoms with Crippen molar-refractivity contribution in [2.75, 3.05) is 26.2 Å². The van der Waals surface area contributed by atoms with Crippen molar-refractivity contribution in [3.8, 4) is 5.75 Å². The molecule has 1 aromatic rings. The topological polar surface area (TPSA) is 38.5 Å². The second-order valence-corrected chi connectivity index (χ2v) is 6.89. The monoisotopic (exact) mass is 374 g/mol. The third-order valence-electron chi connectivity index (χ3n) is 4.40. The van der Waals surface area contributed by atoms with E-state index in [1.165, 1.54) is 41.5 Å². The second kappa shape index (κ2) is 7.82. The van der Waals surface area contributed by atoms with Gasteiger partial charge in [-0.15, -0.1) is 12.4 Å². The summed E-state index contributed by atoms with van der Waals surface area (Å²) in [7, 11) is 0. The van der Waals surface area contributed by atoms with Gasteiger partial charge in [0.2, 0.25) is 0 Å². The lowest BCUT2D eigenvalue weighted by molar-refractivity contribution is 0.161. The molecule has 1 fully saturated rings. The van der Waals surface area contributed by atoms with Gasteiger partial charge in [0.15, 0.2) is 0 Å². The first-order chi connectivity index (χ1) is 9.76. The molecule has 5 heteroatoms. The van der Waals surface area contributed by atoms with Crippen LogP contribution in [-0.4, -0.2) is 31.1 Å². The molecule has 1 atom stereocenters. The van der Waals surface area contributed by atoms with Gasteiger partial charge in [-0.05, 0) is 56.0 Å². The summed E-state index contributed by atoms with van der Waals surface area (Å²) in [5.74, 6) is 1.91. The normalized spacial score (nSPS) is 21.5. The molecule has 118 valence electrons. The molecule has 3 rings (SSSR count). The number of piperidine rings is 1. The highest BCUT2D eigenvalue weighted by atomic mass is 79.9. The second-order valence-electron chi connectivity index (χ2n) is 5.97. The fraction of sp³-hybridized carbons (Fsp3) is 0.625. The minimum absolute atomic E-state index is 0. The zero-order chi connectivity index (χ0) is 13.9. The summed E-state index contributed by atoms with van der Waals surface area (Å²) in [4.78, 5) is 2.56. The van der Waals surface area contributed by atoms with Crippen LogP contribution in [0.25, 0.3) is 0 Å². The first kappa shape index (κ1) is 17.1. The van der Waals surface area contributed by atoms with E-state index in [0.717, 1.165) is 44.2 Å². The summed E-state index contributed by atoms with van der Waals surface area (Å²) in [6, 6.07) is 4.41. The molecular formula is C16H24BrClN2O. The van der Waals surface area contributed by atoms with Crippen LogP contribution >= 0.6 is 28.3 Å².